The molecule has 21 heavy (non-hydrogen) atoms. The first-order chi connectivity index (χ1) is 10.1. The molecule has 0 saturated carbocycles. The molecule has 1 aromatic heterocycles. The molecule has 0 bridgehead atoms. The number of thioether (sulfide) groups is 1. The predicted molar refractivity (Wildman–Crippen MR) is 84.2 cm³/mol. The van der Waals surface area contributed by atoms with Crippen LogP contribution in [0, 0.1) is 5.82 Å². The fraction of sp³-hybridized carbons (Fsp3) is 0.267. The van der Waals surface area contributed by atoms with Crippen molar-refractivity contribution in [1.29, 1.82) is 0 Å². The smallest absolute Gasteiger partial charge is 0.249 e. The second-order valence-corrected chi connectivity index (χ2v) is 7.05. The molecule has 0 aliphatic carbocycles. The number of amides is 1. The van der Waals surface area contributed by atoms with E-state index in [1.807, 2.05) is 12.1 Å². The molecular formula is C15H15FN2OS2. The van der Waals surface area contributed by atoms with Gasteiger partial charge in [-0.15, -0.1) is 23.1 Å². The summed E-state index contributed by atoms with van der Waals surface area (Å²) in [6, 6.07) is 6.93. The number of halogens is 1. The minimum atomic E-state index is -0.404. The van der Waals surface area contributed by atoms with Gasteiger partial charge in [0.25, 0.3) is 0 Å². The summed E-state index contributed by atoms with van der Waals surface area (Å²) in [5.74, 6) is 0.418. The fourth-order valence-corrected chi connectivity index (χ4v) is 4.33. The molecule has 3 N–H and O–H groups in total. The van der Waals surface area contributed by atoms with E-state index in [1.165, 1.54) is 17.4 Å². The summed E-state index contributed by atoms with van der Waals surface area (Å²) >= 11 is 3.27. The van der Waals surface area contributed by atoms with Crippen molar-refractivity contribution in [2.75, 3.05) is 5.75 Å². The third kappa shape index (κ3) is 3.28. The van der Waals surface area contributed by atoms with Gasteiger partial charge in [0.2, 0.25) is 5.91 Å². The summed E-state index contributed by atoms with van der Waals surface area (Å²) in [6.45, 7) is 0.656. The molecule has 2 heterocycles. The lowest BCUT2D eigenvalue weighted by Crippen LogP contribution is -2.24. The second kappa shape index (κ2) is 6.17. The van der Waals surface area contributed by atoms with Crippen molar-refractivity contribution in [2.24, 2.45) is 5.73 Å². The summed E-state index contributed by atoms with van der Waals surface area (Å²) in [7, 11) is 0. The molecule has 1 amide bonds. The highest BCUT2D eigenvalue weighted by atomic mass is 32.2. The summed E-state index contributed by atoms with van der Waals surface area (Å²) in [5, 5.41) is 5.22. The van der Waals surface area contributed by atoms with Gasteiger partial charge >= 0.3 is 0 Å². The number of nitrogens with two attached hydrogens (primary N) is 1. The average molecular weight is 322 g/mol. The highest BCUT2D eigenvalue weighted by Gasteiger charge is 2.21. The van der Waals surface area contributed by atoms with E-state index in [2.05, 4.69) is 5.32 Å². The van der Waals surface area contributed by atoms with Crippen LogP contribution in [0.3, 0.4) is 0 Å². The number of carbonyl (C=O) groups excluding carboxylic acids is 1. The molecule has 0 radical (unpaired) electrons. The number of carbonyl (C=O) groups is 1. The zero-order valence-corrected chi connectivity index (χ0v) is 12.9. The van der Waals surface area contributed by atoms with E-state index in [9.17, 15) is 9.18 Å². The summed E-state index contributed by atoms with van der Waals surface area (Å²) in [4.78, 5) is 13.3. The van der Waals surface area contributed by atoms with Gasteiger partial charge in [0.1, 0.15) is 5.82 Å². The molecule has 6 heteroatoms. The lowest BCUT2D eigenvalue weighted by atomic mass is 10.0. The molecule has 1 atom stereocenters. The number of benzene rings is 1. The lowest BCUT2D eigenvalue weighted by Gasteiger charge is -2.26. The SMILES string of the molecule is NC(=O)c1csc(CNC2CCSc3ccc(F)cc32)c1. The van der Waals surface area contributed by atoms with E-state index in [0.717, 1.165) is 27.5 Å². The van der Waals surface area contributed by atoms with Crippen molar-refractivity contribution in [3.8, 4) is 0 Å². The molecule has 3 rings (SSSR count). The monoisotopic (exact) mass is 322 g/mol. The van der Waals surface area contributed by atoms with Crippen LogP contribution in [0.4, 0.5) is 4.39 Å². The molecule has 0 spiro atoms. The topological polar surface area (TPSA) is 55.1 Å². The van der Waals surface area contributed by atoms with Crippen LogP contribution in [0.1, 0.15) is 33.3 Å². The van der Waals surface area contributed by atoms with Crippen LogP contribution in [0.2, 0.25) is 0 Å². The van der Waals surface area contributed by atoms with E-state index in [0.29, 0.717) is 12.1 Å². The van der Waals surface area contributed by atoms with E-state index in [-0.39, 0.29) is 11.9 Å². The molecule has 0 saturated heterocycles. The van der Waals surface area contributed by atoms with Crippen LogP contribution < -0.4 is 11.1 Å². The van der Waals surface area contributed by atoms with Gasteiger partial charge in [0.05, 0.1) is 5.56 Å². The molecule has 1 aliphatic heterocycles. The highest BCUT2D eigenvalue weighted by molar-refractivity contribution is 7.99. The number of thiophene rings is 1. The van der Waals surface area contributed by atoms with Gasteiger partial charge in [-0.1, -0.05) is 0 Å². The van der Waals surface area contributed by atoms with Crippen LogP contribution in [-0.4, -0.2) is 11.7 Å². The maximum absolute atomic E-state index is 13.4. The maximum atomic E-state index is 13.4. The van der Waals surface area contributed by atoms with E-state index in [4.69, 9.17) is 5.73 Å². The van der Waals surface area contributed by atoms with Crippen molar-refractivity contribution in [2.45, 2.75) is 23.9 Å². The Hall–Kier alpha value is -1.37. The number of hydrogen-bond acceptors (Lipinski definition) is 4. The molecule has 0 fully saturated rings. The Labute approximate surface area is 130 Å². The van der Waals surface area contributed by atoms with Crippen molar-refractivity contribution in [3.05, 3.63) is 51.5 Å². The highest BCUT2D eigenvalue weighted by Crippen LogP contribution is 2.36. The standard InChI is InChI=1S/C15H15FN2OS2/c16-10-1-2-14-12(6-10)13(3-4-20-14)18-7-11-5-9(8-21-11)15(17)19/h1-2,5-6,8,13,18H,3-4,7H2,(H2,17,19). The van der Waals surface area contributed by atoms with Gasteiger partial charge in [-0.2, -0.15) is 0 Å². The molecule has 110 valence electrons. The van der Waals surface area contributed by atoms with Crippen LogP contribution in [0.15, 0.2) is 34.5 Å². The Morgan fingerprint density at radius 2 is 2.29 bits per heavy atom. The number of fused-ring (bicyclic) bond motifs is 1. The van der Waals surface area contributed by atoms with E-state index < -0.39 is 5.91 Å². The van der Waals surface area contributed by atoms with E-state index >= 15 is 0 Å². The summed E-state index contributed by atoms with van der Waals surface area (Å²) in [6.07, 6.45) is 0.967. The van der Waals surface area contributed by atoms with Crippen LogP contribution in [0.5, 0.6) is 0 Å². The van der Waals surface area contributed by atoms with Gasteiger partial charge in [-0.3, -0.25) is 4.79 Å². The summed E-state index contributed by atoms with van der Waals surface area (Å²) < 4.78 is 13.4. The largest absolute Gasteiger partial charge is 0.366 e. The molecule has 2 aromatic rings. The first kappa shape index (κ1) is 14.6. The lowest BCUT2D eigenvalue weighted by molar-refractivity contribution is 0.100. The van der Waals surface area contributed by atoms with Crippen molar-refractivity contribution < 1.29 is 9.18 Å². The third-order valence-electron chi connectivity index (χ3n) is 3.47. The summed E-state index contributed by atoms with van der Waals surface area (Å²) in [5.41, 5.74) is 6.82. The van der Waals surface area contributed by atoms with Gasteiger partial charge in [0, 0.05) is 27.7 Å². The molecule has 1 unspecified atom stereocenters. The first-order valence-corrected chi connectivity index (χ1v) is 8.53. The second-order valence-electron chi connectivity index (χ2n) is 4.92. The molecule has 1 aliphatic rings. The quantitative estimate of drug-likeness (QED) is 0.908. The van der Waals surface area contributed by atoms with E-state index in [1.54, 1.807) is 23.2 Å². The number of hydrogen-bond donors (Lipinski definition) is 2. The number of primary amides is 1. The van der Waals surface area contributed by atoms with Crippen LogP contribution in [0.25, 0.3) is 0 Å². The Morgan fingerprint density at radius 3 is 3.05 bits per heavy atom. The molecule has 1 aromatic carbocycles. The van der Waals surface area contributed by atoms with Crippen LogP contribution >= 0.6 is 23.1 Å². The van der Waals surface area contributed by atoms with Crippen molar-refractivity contribution >= 4 is 29.0 Å². The minimum absolute atomic E-state index is 0.149. The van der Waals surface area contributed by atoms with Gasteiger partial charge in [0.15, 0.2) is 0 Å². The Kier molecular flexibility index (Phi) is 4.28. The minimum Gasteiger partial charge on any atom is -0.366 e. The zero-order valence-electron chi connectivity index (χ0n) is 11.3. The fourth-order valence-electron chi connectivity index (χ4n) is 2.40. The van der Waals surface area contributed by atoms with Gasteiger partial charge < -0.3 is 11.1 Å². The van der Waals surface area contributed by atoms with Crippen molar-refractivity contribution in [1.82, 2.24) is 5.32 Å². The average Bonchev–Trinajstić information content (AvgIpc) is 2.94. The van der Waals surface area contributed by atoms with Crippen molar-refractivity contribution in [3.63, 3.8) is 0 Å². The zero-order chi connectivity index (χ0) is 14.8. The number of rotatable bonds is 4. The molecular weight excluding hydrogens is 307 g/mol. The Bertz CT molecular complexity index is 671. The molecule has 3 nitrogen and oxygen atoms in total. The normalized spacial score (nSPS) is 17.5. The van der Waals surface area contributed by atoms with Gasteiger partial charge in [-0.25, -0.2) is 4.39 Å². The third-order valence-corrected chi connectivity index (χ3v) is 5.53. The Balaban J connectivity index is 1.71. The maximum Gasteiger partial charge on any atom is 0.249 e. The Morgan fingerprint density at radius 1 is 1.43 bits per heavy atom. The predicted octanol–water partition coefficient (Wildman–Crippen LogP) is 3.31. The van der Waals surface area contributed by atoms with Crippen LogP contribution in [-0.2, 0) is 6.54 Å². The first-order valence-electron chi connectivity index (χ1n) is 6.66. The number of nitrogens with one attached hydrogen (secondary N) is 1. The van der Waals surface area contributed by atoms with Gasteiger partial charge in [-0.05, 0) is 42.0 Å².